The van der Waals surface area contributed by atoms with Gasteiger partial charge >= 0.3 is 5.97 Å². The van der Waals surface area contributed by atoms with Crippen molar-refractivity contribution in [2.24, 2.45) is 0 Å². The summed E-state index contributed by atoms with van der Waals surface area (Å²) in [5, 5.41) is 0. The Bertz CT molecular complexity index is 655. The molecule has 36 heavy (non-hydrogen) atoms. The fourth-order valence-corrected chi connectivity index (χ4v) is 5.22. The second-order valence-corrected chi connectivity index (χ2v) is 10.7. The number of hydrogen-bond acceptors (Lipinski definition) is 3. The van der Waals surface area contributed by atoms with Crippen LogP contribution in [0.4, 0.5) is 0 Å². The van der Waals surface area contributed by atoms with Crippen LogP contribution in [0.15, 0.2) is 12.1 Å². The predicted octanol–water partition coefficient (Wildman–Crippen LogP) is 10.6. The molecule has 0 bridgehead atoms. The molecule has 0 aliphatic rings. The lowest BCUT2D eigenvalue weighted by atomic mass is 9.87. The Balaban J connectivity index is 0.0000122. The van der Waals surface area contributed by atoms with Crippen LogP contribution in [0.2, 0.25) is 0 Å². The number of benzene rings is 1. The van der Waals surface area contributed by atoms with Gasteiger partial charge in [0, 0.05) is 6.92 Å². The van der Waals surface area contributed by atoms with Gasteiger partial charge in [-0.05, 0) is 60.8 Å². The number of ether oxygens (including phenoxy) is 1. The van der Waals surface area contributed by atoms with E-state index in [4.69, 9.17) is 4.74 Å². The molecule has 3 N–H and O–H groups in total. The van der Waals surface area contributed by atoms with Crippen LogP contribution >= 0.6 is 0 Å². The summed E-state index contributed by atoms with van der Waals surface area (Å²) in [5.41, 5.74) is 5.94. The van der Waals surface area contributed by atoms with Crippen LogP contribution in [0.1, 0.15) is 166 Å². The zero-order chi connectivity index (χ0) is 25.6. The molecule has 0 saturated carbocycles. The largest absolute Gasteiger partial charge is 0.461 e. The molecule has 0 fully saturated rings. The van der Waals surface area contributed by atoms with Gasteiger partial charge in [-0.2, -0.15) is 0 Å². The van der Waals surface area contributed by atoms with Crippen molar-refractivity contribution in [1.82, 2.24) is 6.15 Å². The third-order valence-corrected chi connectivity index (χ3v) is 7.42. The van der Waals surface area contributed by atoms with Gasteiger partial charge < -0.3 is 10.9 Å². The van der Waals surface area contributed by atoms with Crippen molar-refractivity contribution < 1.29 is 9.53 Å². The molecule has 0 amide bonds. The van der Waals surface area contributed by atoms with Gasteiger partial charge in [-0.15, -0.1) is 0 Å². The minimum atomic E-state index is -0.177. The number of esters is 1. The Kier molecular flexibility index (Phi) is 23.1. The lowest BCUT2D eigenvalue weighted by Gasteiger charge is -2.20. The summed E-state index contributed by atoms with van der Waals surface area (Å²) in [6, 6.07) is 4.63. The zero-order valence-corrected chi connectivity index (χ0v) is 24.7. The number of rotatable bonds is 23. The first-order valence-corrected chi connectivity index (χ1v) is 15.4. The maximum Gasteiger partial charge on any atom is 0.302 e. The molecule has 0 atom stereocenters. The van der Waals surface area contributed by atoms with Crippen LogP contribution in [-0.4, -0.2) is 5.97 Å². The van der Waals surface area contributed by atoms with E-state index < -0.39 is 0 Å². The SMILES string of the molecule is CCCCCCCCc1ccc(COC(C)=O)c(CCCCCCCC)c1CCCCCCCC.N. The van der Waals surface area contributed by atoms with Crippen molar-refractivity contribution >= 4 is 5.97 Å². The third-order valence-electron chi connectivity index (χ3n) is 7.42. The molecule has 3 heteroatoms. The zero-order valence-electron chi connectivity index (χ0n) is 24.7. The Morgan fingerprint density at radius 2 is 0.917 bits per heavy atom. The first-order valence-electron chi connectivity index (χ1n) is 15.4. The maximum absolute atomic E-state index is 11.6. The normalized spacial score (nSPS) is 10.9. The fraction of sp³-hybridized carbons (Fsp3) is 0.788. The van der Waals surface area contributed by atoms with Gasteiger partial charge in [-0.3, -0.25) is 4.79 Å². The molecule has 210 valence electrons. The molecule has 0 aromatic heterocycles. The Labute approximate surface area is 225 Å². The average Bonchev–Trinajstić information content (AvgIpc) is 2.85. The third kappa shape index (κ3) is 16.4. The van der Waals surface area contributed by atoms with E-state index in [2.05, 4.69) is 32.9 Å². The topological polar surface area (TPSA) is 61.3 Å². The molecule has 0 heterocycles. The van der Waals surface area contributed by atoms with Gasteiger partial charge in [0.15, 0.2) is 0 Å². The highest BCUT2D eigenvalue weighted by Crippen LogP contribution is 2.27. The van der Waals surface area contributed by atoms with Gasteiger partial charge in [-0.25, -0.2) is 0 Å². The van der Waals surface area contributed by atoms with Crippen molar-refractivity contribution in [1.29, 1.82) is 0 Å². The van der Waals surface area contributed by atoms with Crippen LogP contribution in [0, 0.1) is 0 Å². The molecule has 0 aliphatic carbocycles. The number of carbonyl (C=O) groups excluding carboxylic acids is 1. The summed E-state index contributed by atoms with van der Waals surface area (Å²) < 4.78 is 5.49. The van der Waals surface area contributed by atoms with Gasteiger partial charge in [0.05, 0.1) is 0 Å². The molecule has 0 radical (unpaired) electrons. The highest BCUT2D eigenvalue weighted by molar-refractivity contribution is 5.66. The van der Waals surface area contributed by atoms with Crippen LogP contribution in [0.5, 0.6) is 0 Å². The minimum absolute atomic E-state index is 0. The Hall–Kier alpha value is -1.35. The van der Waals surface area contributed by atoms with Crippen molar-refractivity contribution in [2.75, 3.05) is 0 Å². The maximum atomic E-state index is 11.6. The molecular formula is C33H61NO2. The Morgan fingerprint density at radius 3 is 1.36 bits per heavy atom. The first-order chi connectivity index (χ1) is 17.1. The summed E-state index contributed by atoms with van der Waals surface area (Å²) in [6.07, 6.45) is 27.6. The van der Waals surface area contributed by atoms with Gasteiger partial charge in [0.2, 0.25) is 0 Å². The summed E-state index contributed by atoms with van der Waals surface area (Å²) in [6.45, 7) is 8.82. The summed E-state index contributed by atoms with van der Waals surface area (Å²) in [5.74, 6) is -0.177. The van der Waals surface area contributed by atoms with E-state index in [-0.39, 0.29) is 12.1 Å². The second kappa shape index (κ2) is 24.0. The van der Waals surface area contributed by atoms with E-state index in [1.54, 1.807) is 11.1 Å². The van der Waals surface area contributed by atoms with Gasteiger partial charge in [-0.1, -0.05) is 129 Å². The lowest BCUT2D eigenvalue weighted by molar-refractivity contribution is -0.142. The molecule has 1 aromatic carbocycles. The standard InChI is InChI=1S/C33H58O2.H3N/c1-5-8-11-14-17-20-23-30-26-27-31(28-35-29(4)34)33(25-22-19-16-13-10-7-3)32(30)24-21-18-15-12-9-6-2;/h26-27H,5-25,28H2,1-4H3;1H3. The average molecular weight is 504 g/mol. The highest BCUT2D eigenvalue weighted by atomic mass is 16.5. The van der Waals surface area contributed by atoms with Gasteiger partial charge in [0.25, 0.3) is 0 Å². The number of carbonyl (C=O) groups is 1. The predicted molar refractivity (Wildman–Crippen MR) is 158 cm³/mol. The van der Waals surface area contributed by atoms with Crippen molar-refractivity contribution in [3.63, 3.8) is 0 Å². The van der Waals surface area contributed by atoms with Crippen LogP contribution in [0.25, 0.3) is 0 Å². The van der Waals surface area contributed by atoms with E-state index in [1.807, 2.05) is 0 Å². The van der Waals surface area contributed by atoms with E-state index in [9.17, 15) is 4.79 Å². The van der Waals surface area contributed by atoms with E-state index in [1.165, 1.54) is 146 Å². The lowest BCUT2D eigenvalue weighted by Crippen LogP contribution is -2.09. The van der Waals surface area contributed by atoms with Gasteiger partial charge in [0.1, 0.15) is 6.61 Å². The smallest absolute Gasteiger partial charge is 0.302 e. The van der Waals surface area contributed by atoms with Crippen LogP contribution in [0.3, 0.4) is 0 Å². The van der Waals surface area contributed by atoms with Crippen molar-refractivity contribution in [3.8, 4) is 0 Å². The first kappa shape index (κ1) is 34.6. The summed E-state index contributed by atoms with van der Waals surface area (Å²) in [4.78, 5) is 11.6. The summed E-state index contributed by atoms with van der Waals surface area (Å²) in [7, 11) is 0. The fourth-order valence-electron chi connectivity index (χ4n) is 5.22. The molecule has 0 spiro atoms. The number of aryl methyl sites for hydroxylation is 1. The molecule has 1 aromatic rings. The summed E-state index contributed by atoms with van der Waals surface area (Å²) >= 11 is 0. The highest BCUT2D eigenvalue weighted by Gasteiger charge is 2.14. The Morgan fingerprint density at radius 1 is 0.556 bits per heavy atom. The molecule has 0 unspecified atom stereocenters. The van der Waals surface area contributed by atoms with E-state index >= 15 is 0 Å². The monoisotopic (exact) mass is 503 g/mol. The second-order valence-electron chi connectivity index (χ2n) is 10.7. The van der Waals surface area contributed by atoms with Crippen molar-refractivity contribution in [2.45, 2.75) is 169 Å². The molecule has 3 nitrogen and oxygen atoms in total. The number of hydrogen-bond donors (Lipinski definition) is 1. The molecule has 0 aliphatic heterocycles. The molecular weight excluding hydrogens is 442 g/mol. The van der Waals surface area contributed by atoms with Crippen LogP contribution < -0.4 is 6.15 Å². The molecule has 0 saturated heterocycles. The van der Waals surface area contributed by atoms with E-state index in [0.717, 1.165) is 6.42 Å². The quantitative estimate of drug-likeness (QED) is 0.119. The number of unbranched alkanes of at least 4 members (excludes halogenated alkanes) is 15. The van der Waals surface area contributed by atoms with Crippen molar-refractivity contribution in [3.05, 3.63) is 34.4 Å². The van der Waals surface area contributed by atoms with E-state index in [0.29, 0.717) is 6.61 Å². The molecule has 1 rings (SSSR count). The minimum Gasteiger partial charge on any atom is -0.461 e. The van der Waals surface area contributed by atoms with Crippen LogP contribution in [-0.2, 0) is 35.4 Å².